The molecule has 0 unspecified atom stereocenters. The number of hydrogen-bond acceptors (Lipinski definition) is 5. The lowest BCUT2D eigenvalue weighted by Gasteiger charge is -2.11. The summed E-state index contributed by atoms with van der Waals surface area (Å²) in [6, 6.07) is 16.0. The number of carboxylic acid groups (broad SMARTS) is 1. The molecule has 0 amide bonds. The van der Waals surface area contributed by atoms with Crippen LogP contribution in [0.1, 0.15) is 10.4 Å². The molecule has 6 heteroatoms. The summed E-state index contributed by atoms with van der Waals surface area (Å²) in [6.45, 7) is 0. The van der Waals surface area contributed by atoms with Crippen LogP contribution < -0.4 is 11.1 Å². The fourth-order valence-electron chi connectivity index (χ4n) is 2.12. The predicted octanol–water partition coefficient (Wildman–Crippen LogP) is 3.17. The third kappa shape index (κ3) is 3.11. The van der Waals surface area contributed by atoms with Gasteiger partial charge in [0.15, 0.2) is 11.6 Å². The first-order valence-electron chi connectivity index (χ1n) is 6.92. The van der Waals surface area contributed by atoms with Gasteiger partial charge in [-0.1, -0.05) is 42.5 Å². The van der Waals surface area contributed by atoms with E-state index in [4.69, 9.17) is 5.73 Å². The lowest BCUT2D eigenvalue weighted by molar-refractivity contribution is 0.0698. The van der Waals surface area contributed by atoms with Gasteiger partial charge in [-0.3, -0.25) is 0 Å². The third-order valence-corrected chi connectivity index (χ3v) is 3.26. The molecule has 114 valence electrons. The minimum absolute atomic E-state index is 0.145. The van der Waals surface area contributed by atoms with E-state index < -0.39 is 5.97 Å². The highest BCUT2D eigenvalue weighted by atomic mass is 16.4. The summed E-state index contributed by atoms with van der Waals surface area (Å²) in [6.07, 6.45) is 1.50. The molecule has 3 aromatic rings. The van der Waals surface area contributed by atoms with Gasteiger partial charge in [-0.25, -0.2) is 14.8 Å². The average Bonchev–Trinajstić information content (AvgIpc) is 2.58. The van der Waals surface area contributed by atoms with Gasteiger partial charge in [0, 0.05) is 5.56 Å². The summed E-state index contributed by atoms with van der Waals surface area (Å²) in [4.78, 5) is 19.9. The molecular formula is C17H14N4O2. The molecule has 0 aliphatic heterocycles. The highest BCUT2D eigenvalue weighted by Gasteiger charge is 2.12. The average molecular weight is 306 g/mol. The molecule has 4 N–H and O–H groups in total. The van der Waals surface area contributed by atoms with Gasteiger partial charge in [0.25, 0.3) is 0 Å². The molecule has 0 spiro atoms. The van der Waals surface area contributed by atoms with Crippen LogP contribution in [-0.4, -0.2) is 21.0 Å². The Labute approximate surface area is 132 Å². The number of nitrogens with zero attached hydrogens (tertiary/aromatic N) is 2. The fraction of sp³-hybridized carbons (Fsp3) is 0. The maximum atomic E-state index is 11.3. The van der Waals surface area contributed by atoms with Crippen molar-refractivity contribution in [2.75, 3.05) is 11.1 Å². The predicted molar refractivity (Wildman–Crippen MR) is 88.6 cm³/mol. The molecule has 0 atom stereocenters. The van der Waals surface area contributed by atoms with Crippen LogP contribution in [-0.2, 0) is 0 Å². The monoisotopic (exact) mass is 306 g/mol. The van der Waals surface area contributed by atoms with Crippen LogP contribution in [0.2, 0.25) is 0 Å². The molecule has 6 nitrogen and oxygen atoms in total. The van der Waals surface area contributed by atoms with E-state index in [1.165, 1.54) is 12.3 Å². The highest BCUT2D eigenvalue weighted by Crippen LogP contribution is 2.25. The van der Waals surface area contributed by atoms with Gasteiger partial charge in [0.05, 0.1) is 23.1 Å². The van der Waals surface area contributed by atoms with Crippen molar-refractivity contribution in [1.82, 2.24) is 9.97 Å². The second kappa shape index (κ2) is 6.15. The van der Waals surface area contributed by atoms with Crippen molar-refractivity contribution < 1.29 is 9.90 Å². The van der Waals surface area contributed by atoms with Gasteiger partial charge in [0.1, 0.15) is 0 Å². The molecule has 0 saturated carbocycles. The Balaban J connectivity index is 1.99. The van der Waals surface area contributed by atoms with Gasteiger partial charge < -0.3 is 16.2 Å². The summed E-state index contributed by atoms with van der Waals surface area (Å²) in [5, 5.41) is 12.2. The summed E-state index contributed by atoms with van der Waals surface area (Å²) in [5.74, 6) is -0.147. The number of nitrogens with two attached hydrogens (primary N) is 1. The first kappa shape index (κ1) is 14.5. The van der Waals surface area contributed by atoms with Crippen LogP contribution in [0.4, 0.5) is 17.2 Å². The van der Waals surface area contributed by atoms with Crippen LogP contribution in [0.15, 0.2) is 60.8 Å². The fourth-order valence-corrected chi connectivity index (χ4v) is 2.12. The summed E-state index contributed by atoms with van der Waals surface area (Å²) in [7, 11) is 0. The molecule has 0 aliphatic rings. The topological polar surface area (TPSA) is 101 Å². The number of para-hydroxylation sites is 1. The zero-order chi connectivity index (χ0) is 16.2. The quantitative estimate of drug-likeness (QED) is 0.684. The SMILES string of the molecule is Nc1cnc(-c2ccccc2)nc1Nc1ccccc1C(=O)O. The van der Waals surface area contributed by atoms with Gasteiger partial charge >= 0.3 is 5.97 Å². The third-order valence-electron chi connectivity index (χ3n) is 3.26. The van der Waals surface area contributed by atoms with Crippen LogP contribution >= 0.6 is 0 Å². The normalized spacial score (nSPS) is 10.3. The standard InChI is InChI=1S/C17H14N4O2/c18-13-10-19-15(11-6-2-1-3-7-11)21-16(13)20-14-9-5-4-8-12(14)17(22)23/h1-10H,18H2,(H,22,23)(H,19,20,21). The van der Waals surface area contributed by atoms with Gasteiger partial charge in [-0.05, 0) is 12.1 Å². The second-order valence-corrected chi connectivity index (χ2v) is 4.84. The van der Waals surface area contributed by atoms with Crippen molar-refractivity contribution >= 4 is 23.2 Å². The zero-order valence-corrected chi connectivity index (χ0v) is 12.1. The lowest BCUT2D eigenvalue weighted by atomic mass is 10.2. The summed E-state index contributed by atoms with van der Waals surface area (Å²) < 4.78 is 0. The molecule has 1 heterocycles. The number of hydrogen-bond donors (Lipinski definition) is 3. The first-order valence-corrected chi connectivity index (χ1v) is 6.92. The second-order valence-electron chi connectivity index (χ2n) is 4.84. The van der Waals surface area contributed by atoms with Crippen molar-refractivity contribution in [3.05, 3.63) is 66.4 Å². The number of nitrogens with one attached hydrogen (secondary N) is 1. The molecule has 0 radical (unpaired) electrons. The summed E-state index contributed by atoms with van der Waals surface area (Å²) >= 11 is 0. The number of aromatic nitrogens is 2. The van der Waals surface area contributed by atoms with Crippen molar-refractivity contribution in [2.24, 2.45) is 0 Å². The minimum atomic E-state index is -1.02. The van der Waals surface area contributed by atoms with Crippen LogP contribution in [0.5, 0.6) is 0 Å². The number of aromatic carboxylic acids is 1. The van der Waals surface area contributed by atoms with Crippen molar-refractivity contribution in [2.45, 2.75) is 0 Å². The Morgan fingerprint density at radius 1 is 1.04 bits per heavy atom. The number of nitrogen functional groups attached to an aromatic ring is 1. The molecule has 23 heavy (non-hydrogen) atoms. The van der Waals surface area contributed by atoms with E-state index in [1.807, 2.05) is 30.3 Å². The molecule has 0 bridgehead atoms. The Kier molecular flexibility index (Phi) is 3.88. The van der Waals surface area contributed by atoms with E-state index in [-0.39, 0.29) is 5.56 Å². The Morgan fingerprint density at radius 2 is 1.74 bits per heavy atom. The Hall–Kier alpha value is -3.41. The molecule has 0 fully saturated rings. The molecule has 1 aromatic heterocycles. The smallest absolute Gasteiger partial charge is 0.337 e. The van der Waals surface area contributed by atoms with Crippen LogP contribution in [0, 0.1) is 0 Å². The molecule has 2 aromatic carbocycles. The molecule has 0 aliphatic carbocycles. The van der Waals surface area contributed by atoms with E-state index in [9.17, 15) is 9.90 Å². The van der Waals surface area contributed by atoms with Gasteiger partial charge in [0.2, 0.25) is 0 Å². The first-order chi connectivity index (χ1) is 11.1. The molecule has 0 saturated heterocycles. The number of rotatable bonds is 4. The maximum absolute atomic E-state index is 11.3. The Bertz CT molecular complexity index is 850. The van der Waals surface area contributed by atoms with Gasteiger partial charge in [-0.2, -0.15) is 0 Å². The summed E-state index contributed by atoms with van der Waals surface area (Å²) in [5.41, 5.74) is 7.66. The van der Waals surface area contributed by atoms with Crippen LogP contribution in [0.3, 0.4) is 0 Å². The minimum Gasteiger partial charge on any atom is -0.478 e. The molecule has 3 rings (SSSR count). The number of benzene rings is 2. The zero-order valence-electron chi connectivity index (χ0n) is 12.1. The van der Waals surface area contributed by atoms with E-state index in [1.54, 1.807) is 18.2 Å². The largest absolute Gasteiger partial charge is 0.478 e. The lowest BCUT2D eigenvalue weighted by Crippen LogP contribution is -2.06. The number of anilines is 3. The number of carboxylic acids is 1. The highest BCUT2D eigenvalue weighted by molar-refractivity contribution is 5.95. The van der Waals surface area contributed by atoms with E-state index in [2.05, 4.69) is 15.3 Å². The van der Waals surface area contributed by atoms with Crippen LogP contribution in [0.25, 0.3) is 11.4 Å². The Morgan fingerprint density at radius 3 is 2.48 bits per heavy atom. The van der Waals surface area contributed by atoms with E-state index >= 15 is 0 Å². The van der Waals surface area contributed by atoms with Crippen molar-refractivity contribution in [3.8, 4) is 11.4 Å². The molecular weight excluding hydrogens is 292 g/mol. The van der Waals surface area contributed by atoms with Crippen molar-refractivity contribution in [3.63, 3.8) is 0 Å². The van der Waals surface area contributed by atoms with E-state index in [0.29, 0.717) is 23.0 Å². The van der Waals surface area contributed by atoms with Gasteiger partial charge in [-0.15, -0.1) is 0 Å². The number of carbonyl (C=O) groups is 1. The maximum Gasteiger partial charge on any atom is 0.337 e. The van der Waals surface area contributed by atoms with Crippen molar-refractivity contribution in [1.29, 1.82) is 0 Å². The van der Waals surface area contributed by atoms with E-state index in [0.717, 1.165) is 5.56 Å².